The maximum Gasteiger partial charge on any atom is 1.00 e. The van der Waals surface area contributed by atoms with E-state index < -0.39 is 5.97 Å². The zero-order chi connectivity index (χ0) is 11.0. The van der Waals surface area contributed by atoms with Crippen LogP contribution in [0.15, 0.2) is 34.8 Å². The third-order valence-corrected chi connectivity index (χ3v) is 2.63. The topological polar surface area (TPSA) is 60.4 Å². The molecule has 0 saturated heterocycles. The summed E-state index contributed by atoms with van der Waals surface area (Å²) < 4.78 is 0.852. The molecule has 0 aromatic heterocycles. The number of benzene rings is 2. The molecule has 5 heteroatoms. The van der Waals surface area contributed by atoms with Crippen LogP contribution in [0.1, 0.15) is 10.4 Å². The van der Waals surface area contributed by atoms with Crippen molar-refractivity contribution in [3.63, 3.8) is 0 Å². The van der Waals surface area contributed by atoms with Gasteiger partial charge in [0.05, 0.1) is 5.97 Å². The van der Waals surface area contributed by atoms with Gasteiger partial charge in [-0.2, -0.15) is 0 Å². The number of carbonyl (C=O) groups is 1. The second kappa shape index (κ2) is 4.92. The van der Waals surface area contributed by atoms with E-state index in [4.69, 9.17) is 0 Å². The smallest absolute Gasteiger partial charge is 0.545 e. The Morgan fingerprint density at radius 3 is 2.50 bits per heavy atom. The van der Waals surface area contributed by atoms with Crippen molar-refractivity contribution in [1.29, 1.82) is 0 Å². The quantitative estimate of drug-likeness (QED) is 0.655. The molecule has 0 saturated carbocycles. The zero-order valence-corrected chi connectivity index (χ0v) is 10.1. The number of carbonyl (C=O) groups excluding carboxylic acids is 1. The third-order valence-electron chi connectivity index (χ3n) is 2.14. The van der Waals surface area contributed by atoms with Gasteiger partial charge in [-0.1, -0.05) is 22.0 Å². The summed E-state index contributed by atoms with van der Waals surface area (Å²) in [5.41, 5.74) is -0.194. The van der Waals surface area contributed by atoms with Crippen molar-refractivity contribution >= 4 is 32.7 Å². The molecule has 0 amide bonds. The summed E-state index contributed by atoms with van der Waals surface area (Å²) in [6.07, 6.45) is 0. The Bertz CT molecular complexity index is 554. The Kier molecular flexibility index (Phi) is 4.03. The van der Waals surface area contributed by atoms with Crippen molar-refractivity contribution in [2.24, 2.45) is 0 Å². The molecule has 2 aromatic carbocycles. The predicted octanol–water partition coefficient (Wildman–Crippen LogP) is -1.32. The summed E-state index contributed by atoms with van der Waals surface area (Å²) >= 11 is 3.29. The molecule has 0 atom stereocenters. The minimum Gasteiger partial charge on any atom is -0.545 e. The molecule has 2 aromatic rings. The molecule has 0 radical (unpaired) electrons. The third kappa shape index (κ3) is 2.41. The van der Waals surface area contributed by atoms with Crippen LogP contribution in [0, 0.1) is 0 Å². The SMILES string of the molecule is O=C([O-])c1cc2cc(Br)ccc2cc1O.[Li+]. The summed E-state index contributed by atoms with van der Waals surface area (Å²) in [6, 6.07) is 8.19. The number of carboxylic acid groups (broad SMARTS) is 1. The van der Waals surface area contributed by atoms with E-state index in [0.29, 0.717) is 0 Å². The molecule has 0 heterocycles. The molecule has 0 aliphatic heterocycles. The first kappa shape index (κ1) is 13.1. The molecule has 3 nitrogen and oxygen atoms in total. The number of carboxylic acids is 1. The van der Waals surface area contributed by atoms with Crippen LogP contribution in [0.2, 0.25) is 0 Å². The summed E-state index contributed by atoms with van der Waals surface area (Å²) in [7, 11) is 0. The number of phenols is 1. The first-order chi connectivity index (χ1) is 7.08. The van der Waals surface area contributed by atoms with E-state index >= 15 is 0 Å². The molecule has 0 aliphatic rings. The first-order valence-corrected chi connectivity index (χ1v) is 5.01. The number of fused-ring (bicyclic) bond motifs is 1. The van der Waals surface area contributed by atoms with E-state index in [-0.39, 0.29) is 30.2 Å². The van der Waals surface area contributed by atoms with E-state index in [9.17, 15) is 15.0 Å². The van der Waals surface area contributed by atoms with Crippen molar-refractivity contribution in [3.05, 3.63) is 40.4 Å². The molecular formula is C11H6BrLiO3. The maximum atomic E-state index is 10.7. The Labute approximate surface area is 112 Å². The average molecular weight is 273 g/mol. The monoisotopic (exact) mass is 272 g/mol. The van der Waals surface area contributed by atoms with Gasteiger partial charge in [-0.05, 0) is 35.0 Å². The molecule has 0 spiro atoms. The second-order valence-electron chi connectivity index (χ2n) is 3.15. The number of aromatic hydroxyl groups is 1. The molecule has 0 bridgehead atoms. The van der Waals surface area contributed by atoms with Crippen molar-refractivity contribution in [3.8, 4) is 5.75 Å². The van der Waals surface area contributed by atoms with Crippen LogP contribution in [0.25, 0.3) is 10.8 Å². The molecule has 2 rings (SSSR count). The fourth-order valence-corrected chi connectivity index (χ4v) is 1.80. The largest absolute Gasteiger partial charge is 1.00 e. The Morgan fingerprint density at radius 1 is 1.19 bits per heavy atom. The fourth-order valence-electron chi connectivity index (χ4n) is 1.42. The van der Waals surface area contributed by atoms with E-state index in [0.717, 1.165) is 15.2 Å². The number of rotatable bonds is 1. The van der Waals surface area contributed by atoms with Gasteiger partial charge < -0.3 is 15.0 Å². The summed E-state index contributed by atoms with van der Waals surface area (Å²) in [6.45, 7) is 0. The molecule has 0 fully saturated rings. The van der Waals surface area contributed by atoms with Gasteiger partial charge in [0.1, 0.15) is 5.75 Å². The maximum absolute atomic E-state index is 10.7. The van der Waals surface area contributed by atoms with E-state index in [1.807, 2.05) is 6.07 Å². The standard InChI is InChI=1S/C11H7BrO3.Li/c12-8-2-1-6-5-10(13)9(11(14)15)4-7(6)3-8;/h1-5,13H,(H,14,15);/q;+1/p-1. The van der Waals surface area contributed by atoms with Gasteiger partial charge in [-0.15, -0.1) is 0 Å². The Hall–Kier alpha value is -0.953. The van der Waals surface area contributed by atoms with Gasteiger partial charge in [0, 0.05) is 10.0 Å². The van der Waals surface area contributed by atoms with Crippen LogP contribution in [-0.2, 0) is 0 Å². The minimum absolute atomic E-state index is 0. The predicted molar refractivity (Wildman–Crippen MR) is 57.6 cm³/mol. The van der Waals surface area contributed by atoms with Gasteiger partial charge in [-0.3, -0.25) is 0 Å². The van der Waals surface area contributed by atoms with Gasteiger partial charge in [0.15, 0.2) is 0 Å². The minimum atomic E-state index is -1.38. The number of hydrogen-bond donors (Lipinski definition) is 1. The molecule has 0 aliphatic carbocycles. The molecule has 16 heavy (non-hydrogen) atoms. The van der Waals surface area contributed by atoms with Crippen molar-refractivity contribution in [2.75, 3.05) is 0 Å². The number of halogens is 1. The summed E-state index contributed by atoms with van der Waals surface area (Å²) in [5.74, 6) is -1.65. The number of hydrogen-bond acceptors (Lipinski definition) is 3. The van der Waals surface area contributed by atoms with Crippen LogP contribution in [0.3, 0.4) is 0 Å². The zero-order valence-electron chi connectivity index (χ0n) is 8.53. The molecular weight excluding hydrogens is 267 g/mol. The van der Waals surface area contributed by atoms with Crippen molar-refractivity contribution in [2.45, 2.75) is 0 Å². The summed E-state index contributed by atoms with van der Waals surface area (Å²) in [4.78, 5) is 10.7. The van der Waals surface area contributed by atoms with Crippen LogP contribution < -0.4 is 24.0 Å². The fraction of sp³-hybridized carbons (Fsp3) is 0. The van der Waals surface area contributed by atoms with Crippen LogP contribution >= 0.6 is 15.9 Å². The average Bonchev–Trinajstić information content (AvgIpc) is 2.17. The molecule has 76 valence electrons. The van der Waals surface area contributed by atoms with E-state index in [2.05, 4.69) is 15.9 Å². The van der Waals surface area contributed by atoms with Gasteiger partial charge >= 0.3 is 18.9 Å². The first-order valence-electron chi connectivity index (χ1n) is 4.21. The van der Waals surface area contributed by atoms with Gasteiger partial charge in [0.25, 0.3) is 0 Å². The molecule has 1 N–H and O–H groups in total. The van der Waals surface area contributed by atoms with E-state index in [1.54, 1.807) is 12.1 Å². The molecule has 0 unspecified atom stereocenters. The van der Waals surface area contributed by atoms with Crippen LogP contribution in [0.5, 0.6) is 5.75 Å². The van der Waals surface area contributed by atoms with Crippen LogP contribution in [0.4, 0.5) is 0 Å². The normalized spacial score (nSPS) is 9.81. The van der Waals surface area contributed by atoms with Gasteiger partial charge in [-0.25, -0.2) is 0 Å². The summed E-state index contributed by atoms with van der Waals surface area (Å²) in [5, 5.41) is 21.6. The van der Waals surface area contributed by atoms with Crippen LogP contribution in [-0.4, -0.2) is 11.1 Å². The Morgan fingerprint density at radius 2 is 1.88 bits per heavy atom. The number of aromatic carboxylic acids is 1. The Balaban J connectivity index is 0.00000128. The van der Waals surface area contributed by atoms with E-state index in [1.165, 1.54) is 12.1 Å². The van der Waals surface area contributed by atoms with Crippen molar-refractivity contribution < 1.29 is 33.9 Å². The van der Waals surface area contributed by atoms with Crippen molar-refractivity contribution in [1.82, 2.24) is 0 Å². The second-order valence-corrected chi connectivity index (χ2v) is 4.06. The van der Waals surface area contributed by atoms with Gasteiger partial charge in [0.2, 0.25) is 0 Å².